The highest BCUT2D eigenvalue weighted by molar-refractivity contribution is 5.92. The van der Waals surface area contributed by atoms with Crippen LogP contribution in [-0.4, -0.2) is 52.2 Å². The summed E-state index contributed by atoms with van der Waals surface area (Å²) in [5, 5.41) is 14.4. The number of aromatic nitrogens is 1. The number of hydrogen-bond donors (Lipinski definition) is 2. The first-order valence-corrected chi connectivity index (χ1v) is 12.7. The molecule has 2 atom stereocenters. The van der Waals surface area contributed by atoms with Gasteiger partial charge in [-0.15, -0.1) is 0 Å². The molecule has 0 spiro atoms. The number of likely N-dealkylation sites (tertiary alicyclic amines) is 1. The van der Waals surface area contributed by atoms with E-state index in [9.17, 15) is 9.90 Å². The maximum absolute atomic E-state index is 12.8. The molecule has 0 bridgehead atoms. The average Bonchev–Trinajstić information content (AvgIpc) is 2.89. The molecule has 2 heterocycles. The van der Waals surface area contributed by atoms with Crippen molar-refractivity contribution in [3.8, 4) is 17.2 Å². The standard InChI is InChI=1S/C29H35N3O4/c1-2-3-7-16-29(34)17-19-32(21-27(29)36-24-9-5-4-6-10-24)22-28(33)31-23-12-14-25(15-13-23)35-26-11-8-18-30-20-26/h4-6,8-15,18,20,27,34H,2-3,7,16-17,19,21-22H2,1H3,(H,31,33)/t27-,29-/m0/s1. The number of benzene rings is 2. The maximum atomic E-state index is 12.8. The van der Waals surface area contributed by atoms with Crippen molar-refractivity contribution in [2.24, 2.45) is 0 Å². The summed E-state index contributed by atoms with van der Waals surface area (Å²) in [6.45, 7) is 3.52. The fourth-order valence-corrected chi connectivity index (χ4v) is 4.48. The van der Waals surface area contributed by atoms with Crippen LogP contribution in [0.3, 0.4) is 0 Å². The lowest BCUT2D eigenvalue weighted by molar-refractivity contribution is -0.127. The van der Waals surface area contributed by atoms with Crippen LogP contribution < -0.4 is 14.8 Å². The molecule has 1 fully saturated rings. The van der Waals surface area contributed by atoms with Crippen LogP contribution in [-0.2, 0) is 4.79 Å². The van der Waals surface area contributed by atoms with Crippen LogP contribution in [0.5, 0.6) is 17.2 Å². The lowest BCUT2D eigenvalue weighted by Gasteiger charge is -2.44. The molecule has 1 amide bonds. The van der Waals surface area contributed by atoms with Crippen LogP contribution in [0.25, 0.3) is 0 Å². The highest BCUT2D eigenvalue weighted by atomic mass is 16.5. The number of unbranched alkanes of at least 4 members (excludes halogenated alkanes) is 2. The molecule has 1 aliphatic rings. The van der Waals surface area contributed by atoms with Gasteiger partial charge in [0.25, 0.3) is 0 Å². The van der Waals surface area contributed by atoms with Gasteiger partial charge in [-0.3, -0.25) is 14.7 Å². The average molecular weight is 490 g/mol. The minimum absolute atomic E-state index is 0.106. The van der Waals surface area contributed by atoms with E-state index < -0.39 is 11.7 Å². The first kappa shape index (κ1) is 25.7. The SMILES string of the molecule is CCCCC[C@]1(O)CCN(CC(=O)Nc2ccc(Oc3cccnc3)cc2)C[C@@H]1Oc1ccccc1. The Labute approximate surface area is 213 Å². The minimum Gasteiger partial charge on any atom is -0.486 e. The van der Waals surface area contributed by atoms with Gasteiger partial charge in [0.2, 0.25) is 5.91 Å². The van der Waals surface area contributed by atoms with Crippen LogP contribution in [0.4, 0.5) is 5.69 Å². The third-order valence-corrected chi connectivity index (χ3v) is 6.49. The van der Waals surface area contributed by atoms with Gasteiger partial charge in [-0.25, -0.2) is 0 Å². The molecule has 4 rings (SSSR count). The molecule has 0 saturated carbocycles. The second kappa shape index (κ2) is 12.5. The Kier molecular flexibility index (Phi) is 8.92. The van der Waals surface area contributed by atoms with E-state index in [2.05, 4.69) is 22.1 Å². The van der Waals surface area contributed by atoms with E-state index in [1.54, 1.807) is 12.4 Å². The molecule has 0 unspecified atom stereocenters. The van der Waals surface area contributed by atoms with Crippen molar-refractivity contribution in [2.45, 2.75) is 50.7 Å². The van der Waals surface area contributed by atoms with E-state index in [4.69, 9.17) is 9.47 Å². The van der Waals surface area contributed by atoms with E-state index in [1.807, 2.05) is 66.7 Å². The van der Waals surface area contributed by atoms with Crippen molar-refractivity contribution in [1.82, 2.24) is 9.88 Å². The summed E-state index contributed by atoms with van der Waals surface area (Å²) in [5.41, 5.74) is -0.203. The third kappa shape index (κ3) is 7.29. The Hall–Kier alpha value is -3.42. The zero-order valence-corrected chi connectivity index (χ0v) is 20.8. The van der Waals surface area contributed by atoms with E-state index in [0.717, 1.165) is 25.0 Å². The molecule has 2 aromatic carbocycles. The highest BCUT2D eigenvalue weighted by Crippen LogP contribution is 2.31. The number of nitrogens with zero attached hydrogens (tertiary/aromatic N) is 2. The Bertz CT molecular complexity index is 1080. The number of carbonyl (C=O) groups excluding carboxylic acids is 1. The number of amides is 1. The molecule has 1 aliphatic heterocycles. The summed E-state index contributed by atoms with van der Waals surface area (Å²) in [7, 11) is 0. The summed E-state index contributed by atoms with van der Waals surface area (Å²) >= 11 is 0. The molecule has 36 heavy (non-hydrogen) atoms. The summed E-state index contributed by atoms with van der Waals surface area (Å²) < 4.78 is 12.0. The fraction of sp³-hybridized carbons (Fsp3) is 0.379. The number of pyridine rings is 1. The molecule has 0 aliphatic carbocycles. The summed E-state index contributed by atoms with van der Waals surface area (Å²) in [6, 6.07) is 20.5. The first-order valence-electron chi connectivity index (χ1n) is 12.7. The fourth-order valence-electron chi connectivity index (χ4n) is 4.48. The molecule has 190 valence electrons. The number of anilines is 1. The van der Waals surface area contributed by atoms with Crippen molar-refractivity contribution in [1.29, 1.82) is 0 Å². The minimum atomic E-state index is -0.901. The Morgan fingerprint density at radius 1 is 1.06 bits per heavy atom. The van der Waals surface area contributed by atoms with Crippen LogP contribution >= 0.6 is 0 Å². The molecule has 3 aromatic rings. The lowest BCUT2D eigenvalue weighted by atomic mass is 9.83. The molecule has 7 nitrogen and oxygen atoms in total. The maximum Gasteiger partial charge on any atom is 0.238 e. The van der Waals surface area contributed by atoms with E-state index in [-0.39, 0.29) is 12.5 Å². The second-order valence-electron chi connectivity index (χ2n) is 9.33. The number of aliphatic hydroxyl groups is 1. The van der Waals surface area contributed by atoms with Crippen molar-refractivity contribution in [3.05, 3.63) is 79.1 Å². The van der Waals surface area contributed by atoms with Gasteiger partial charge in [-0.05, 0) is 61.4 Å². The van der Waals surface area contributed by atoms with Gasteiger partial charge in [-0.2, -0.15) is 0 Å². The normalized spacial score (nSPS) is 20.0. The van der Waals surface area contributed by atoms with E-state index >= 15 is 0 Å². The van der Waals surface area contributed by atoms with Crippen molar-refractivity contribution < 1.29 is 19.4 Å². The van der Waals surface area contributed by atoms with Gasteiger partial charge < -0.3 is 19.9 Å². The van der Waals surface area contributed by atoms with Gasteiger partial charge in [-0.1, -0.05) is 44.4 Å². The van der Waals surface area contributed by atoms with E-state index in [0.29, 0.717) is 43.1 Å². The zero-order chi connectivity index (χ0) is 25.2. The van der Waals surface area contributed by atoms with Crippen LogP contribution in [0, 0.1) is 0 Å². The summed E-state index contributed by atoms with van der Waals surface area (Å²) in [5.74, 6) is 1.95. The summed E-state index contributed by atoms with van der Waals surface area (Å²) in [4.78, 5) is 18.9. The van der Waals surface area contributed by atoms with Gasteiger partial charge >= 0.3 is 0 Å². The number of rotatable bonds is 11. The van der Waals surface area contributed by atoms with E-state index in [1.165, 1.54) is 0 Å². The van der Waals surface area contributed by atoms with Crippen molar-refractivity contribution in [3.63, 3.8) is 0 Å². The smallest absolute Gasteiger partial charge is 0.238 e. The number of nitrogens with one attached hydrogen (secondary N) is 1. The largest absolute Gasteiger partial charge is 0.486 e. The molecule has 0 radical (unpaired) electrons. The molecular weight excluding hydrogens is 454 g/mol. The molecule has 2 N–H and O–H groups in total. The van der Waals surface area contributed by atoms with Crippen molar-refractivity contribution >= 4 is 11.6 Å². The zero-order valence-electron chi connectivity index (χ0n) is 20.8. The summed E-state index contributed by atoms with van der Waals surface area (Å²) in [6.07, 6.45) is 7.35. The van der Waals surface area contributed by atoms with Gasteiger partial charge in [0, 0.05) is 25.0 Å². The van der Waals surface area contributed by atoms with Crippen LogP contribution in [0.2, 0.25) is 0 Å². The molecule has 1 saturated heterocycles. The third-order valence-electron chi connectivity index (χ3n) is 6.49. The van der Waals surface area contributed by atoms with Crippen molar-refractivity contribution in [2.75, 3.05) is 25.0 Å². The predicted molar refractivity (Wildman–Crippen MR) is 140 cm³/mol. The first-order chi connectivity index (χ1) is 17.5. The topological polar surface area (TPSA) is 83.9 Å². The van der Waals surface area contributed by atoms with Crippen LogP contribution in [0.15, 0.2) is 79.1 Å². The lowest BCUT2D eigenvalue weighted by Crippen LogP contribution is -2.58. The molecule has 7 heteroatoms. The number of carbonyl (C=O) groups is 1. The Morgan fingerprint density at radius 3 is 2.56 bits per heavy atom. The van der Waals surface area contributed by atoms with Gasteiger partial charge in [0.1, 0.15) is 29.0 Å². The van der Waals surface area contributed by atoms with Gasteiger partial charge in [0.15, 0.2) is 0 Å². The monoisotopic (exact) mass is 489 g/mol. The van der Waals surface area contributed by atoms with Gasteiger partial charge in [0.05, 0.1) is 12.7 Å². The molecular formula is C29H35N3O4. The Balaban J connectivity index is 1.33. The quantitative estimate of drug-likeness (QED) is 0.357. The number of para-hydroxylation sites is 1. The highest BCUT2D eigenvalue weighted by Gasteiger charge is 2.43. The molecule has 1 aromatic heterocycles. The van der Waals surface area contributed by atoms with Crippen LogP contribution in [0.1, 0.15) is 39.0 Å². The number of hydrogen-bond acceptors (Lipinski definition) is 6. The number of ether oxygens (including phenoxy) is 2. The second-order valence-corrected chi connectivity index (χ2v) is 9.33. The Morgan fingerprint density at radius 2 is 1.83 bits per heavy atom. The predicted octanol–water partition coefficient (Wildman–Crippen LogP) is 5.28. The number of piperidine rings is 1.